The first kappa shape index (κ1) is 20.0. The Morgan fingerprint density at radius 3 is 1.56 bits per heavy atom. The van der Waals surface area contributed by atoms with Gasteiger partial charge in [-0.1, -0.05) is 24.3 Å². The fourth-order valence-electron chi connectivity index (χ4n) is 1.94. The molecule has 0 aliphatic carbocycles. The van der Waals surface area contributed by atoms with Crippen molar-refractivity contribution in [1.82, 2.24) is 5.32 Å². The molecule has 2 N–H and O–H groups in total. The van der Waals surface area contributed by atoms with Crippen molar-refractivity contribution in [2.24, 2.45) is 0 Å². The van der Waals surface area contributed by atoms with Gasteiger partial charge in [0.1, 0.15) is 11.5 Å². The molecule has 1 amide bonds. The lowest BCUT2D eigenvalue weighted by atomic mass is 10.1. The smallest absolute Gasteiger partial charge is 0.307 e. The number of carbonyl (C=O) groups is 2. The van der Waals surface area contributed by atoms with Gasteiger partial charge in [0, 0.05) is 7.05 Å². The first-order valence-electron chi connectivity index (χ1n) is 7.66. The first-order valence-corrected chi connectivity index (χ1v) is 7.66. The molecule has 0 aliphatic heterocycles. The number of aliphatic carboxylic acids is 1. The van der Waals surface area contributed by atoms with Gasteiger partial charge >= 0.3 is 5.97 Å². The summed E-state index contributed by atoms with van der Waals surface area (Å²) in [5, 5.41) is 11.0. The van der Waals surface area contributed by atoms with Gasteiger partial charge in [-0.2, -0.15) is 0 Å². The molecule has 0 atom stereocenters. The molecule has 2 aromatic rings. The normalized spacial score (nSPS) is 9.40. The van der Waals surface area contributed by atoms with Gasteiger partial charge in [-0.15, -0.1) is 0 Å². The molecule has 0 unspecified atom stereocenters. The molecule has 0 radical (unpaired) electrons. The molecule has 0 bridgehead atoms. The minimum Gasteiger partial charge on any atom is -0.497 e. The maximum atomic E-state index is 11.0. The Balaban J connectivity index is 0.000000251. The predicted octanol–water partition coefficient (Wildman–Crippen LogP) is 2.31. The molecule has 0 spiro atoms. The summed E-state index contributed by atoms with van der Waals surface area (Å²) < 4.78 is 9.93. The van der Waals surface area contributed by atoms with Crippen molar-refractivity contribution in [3.8, 4) is 11.5 Å². The third-order valence-corrected chi connectivity index (χ3v) is 3.32. The Labute approximate surface area is 147 Å². The number of rotatable bonds is 6. The van der Waals surface area contributed by atoms with E-state index in [0.717, 1.165) is 22.6 Å². The Hall–Kier alpha value is -3.02. The average Bonchev–Trinajstić information content (AvgIpc) is 2.63. The van der Waals surface area contributed by atoms with Crippen LogP contribution in [-0.4, -0.2) is 38.3 Å². The largest absolute Gasteiger partial charge is 0.497 e. The van der Waals surface area contributed by atoms with Gasteiger partial charge in [0.15, 0.2) is 0 Å². The molecule has 2 aromatic carbocycles. The summed E-state index contributed by atoms with van der Waals surface area (Å²) in [5.41, 5.74) is 1.77. The van der Waals surface area contributed by atoms with Gasteiger partial charge in [0.2, 0.25) is 5.91 Å². The molecule has 0 heterocycles. The van der Waals surface area contributed by atoms with E-state index in [1.807, 2.05) is 24.3 Å². The van der Waals surface area contributed by atoms with Crippen LogP contribution in [-0.2, 0) is 22.4 Å². The molecule has 2 rings (SSSR count). The molecular formula is C19H23NO5. The maximum Gasteiger partial charge on any atom is 0.307 e. The van der Waals surface area contributed by atoms with E-state index in [2.05, 4.69) is 5.32 Å². The highest BCUT2D eigenvalue weighted by Gasteiger charge is 2.00. The van der Waals surface area contributed by atoms with Gasteiger partial charge in [-0.25, -0.2) is 0 Å². The summed E-state index contributed by atoms with van der Waals surface area (Å²) >= 11 is 0. The third kappa shape index (κ3) is 7.87. The molecule has 0 saturated carbocycles. The number of hydrogen-bond acceptors (Lipinski definition) is 4. The van der Waals surface area contributed by atoms with E-state index in [1.165, 1.54) is 0 Å². The summed E-state index contributed by atoms with van der Waals surface area (Å²) in [6.45, 7) is 0. The monoisotopic (exact) mass is 345 g/mol. The second-order valence-electron chi connectivity index (χ2n) is 5.12. The lowest BCUT2D eigenvalue weighted by molar-refractivity contribution is -0.136. The molecule has 6 heteroatoms. The van der Waals surface area contributed by atoms with E-state index >= 15 is 0 Å². The van der Waals surface area contributed by atoms with Crippen LogP contribution in [0.5, 0.6) is 11.5 Å². The number of carboxylic acids is 1. The van der Waals surface area contributed by atoms with Crippen molar-refractivity contribution in [2.45, 2.75) is 12.8 Å². The minimum absolute atomic E-state index is 0.0187. The number of nitrogens with one attached hydrogen (secondary N) is 1. The highest BCUT2D eigenvalue weighted by molar-refractivity contribution is 5.78. The van der Waals surface area contributed by atoms with Crippen molar-refractivity contribution in [1.29, 1.82) is 0 Å². The average molecular weight is 345 g/mol. The Morgan fingerprint density at radius 2 is 1.24 bits per heavy atom. The predicted molar refractivity (Wildman–Crippen MR) is 95.1 cm³/mol. The standard InChI is InChI=1S/C10H13NO2.C9H10O3/c1-11-10(12)7-8-3-5-9(13-2)6-4-8;1-12-8-4-2-7(3-5-8)6-9(10)11/h3-6H,7H2,1-2H3,(H,11,12);2-5H,6H2,1H3,(H,10,11). The van der Waals surface area contributed by atoms with Crippen LogP contribution in [0.25, 0.3) is 0 Å². The van der Waals surface area contributed by atoms with Crippen molar-refractivity contribution < 1.29 is 24.2 Å². The number of carboxylic acid groups (broad SMARTS) is 1. The van der Waals surface area contributed by atoms with Crippen LogP contribution in [0.3, 0.4) is 0 Å². The van der Waals surface area contributed by atoms with Gasteiger partial charge in [-0.05, 0) is 35.4 Å². The van der Waals surface area contributed by atoms with Crippen molar-refractivity contribution in [2.75, 3.05) is 21.3 Å². The van der Waals surface area contributed by atoms with E-state index in [4.69, 9.17) is 14.6 Å². The number of ether oxygens (including phenoxy) is 2. The molecule has 0 saturated heterocycles. The Bertz CT molecular complexity index is 665. The maximum absolute atomic E-state index is 11.0. The number of likely N-dealkylation sites (N-methyl/N-ethyl adjacent to an activating group) is 1. The first-order chi connectivity index (χ1) is 12.0. The molecule has 134 valence electrons. The van der Waals surface area contributed by atoms with Gasteiger partial charge in [0.25, 0.3) is 0 Å². The zero-order valence-corrected chi connectivity index (χ0v) is 14.6. The van der Waals surface area contributed by atoms with Crippen molar-refractivity contribution >= 4 is 11.9 Å². The number of carbonyl (C=O) groups excluding carboxylic acids is 1. The van der Waals surface area contributed by atoms with E-state index in [0.29, 0.717) is 6.42 Å². The van der Waals surface area contributed by atoms with Crippen LogP contribution in [0, 0.1) is 0 Å². The zero-order chi connectivity index (χ0) is 18.7. The number of methoxy groups -OCH3 is 2. The van der Waals surface area contributed by atoms with Crippen LogP contribution >= 0.6 is 0 Å². The van der Waals surface area contributed by atoms with Crippen molar-refractivity contribution in [3.63, 3.8) is 0 Å². The zero-order valence-electron chi connectivity index (χ0n) is 14.6. The van der Waals surface area contributed by atoms with Gasteiger partial charge in [-0.3, -0.25) is 9.59 Å². The summed E-state index contributed by atoms with van der Waals surface area (Å²) in [4.78, 5) is 21.3. The summed E-state index contributed by atoms with van der Waals surface area (Å²) in [5.74, 6) is 0.745. The van der Waals surface area contributed by atoms with Crippen LogP contribution in [0.2, 0.25) is 0 Å². The van der Waals surface area contributed by atoms with E-state index in [1.54, 1.807) is 45.5 Å². The SMILES string of the molecule is CNC(=O)Cc1ccc(OC)cc1.COc1ccc(CC(=O)O)cc1. The van der Waals surface area contributed by atoms with Crippen LogP contribution < -0.4 is 14.8 Å². The molecule has 0 aliphatic rings. The van der Waals surface area contributed by atoms with Crippen molar-refractivity contribution in [3.05, 3.63) is 59.7 Å². The highest BCUT2D eigenvalue weighted by atomic mass is 16.5. The molecule has 25 heavy (non-hydrogen) atoms. The summed E-state index contributed by atoms with van der Waals surface area (Å²) in [7, 11) is 4.83. The van der Waals surface area contributed by atoms with Gasteiger partial charge < -0.3 is 19.9 Å². The lowest BCUT2D eigenvalue weighted by Gasteiger charge is -2.02. The van der Waals surface area contributed by atoms with Gasteiger partial charge in [0.05, 0.1) is 27.1 Å². The second kappa shape index (κ2) is 10.7. The highest BCUT2D eigenvalue weighted by Crippen LogP contribution is 2.12. The van der Waals surface area contributed by atoms with E-state index in [9.17, 15) is 9.59 Å². The number of amides is 1. The van der Waals surface area contributed by atoms with E-state index in [-0.39, 0.29) is 12.3 Å². The fourth-order valence-corrected chi connectivity index (χ4v) is 1.94. The Morgan fingerprint density at radius 1 is 0.840 bits per heavy atom. The number of benzene rings is 2. The molecule has 0 aromatic heterocycles. The second-order valence-corrected chi connectivity index (χ2v) is 5.12. The van der Waals surface area contributed by atoms with E-state index < -0.39 is 5.97 Å². The summed E-state index contributed by atoms with van der Waals surface area (Å²) in [6, 6.07) is 14.4. The third-order valence-electron chi connectivity index (χ3n) is 3.32. The quantitative estimate of drug-likeness (QED) is 0.839. The van der Waals surface area contributed by atoms with Crippen LogP contribution in [0.1, 0.15) is 11.1 Å². The summed E-state index contributed by atoms with van der Waals surface area (Å²) in [6.07, 6.45) is 0.477. The van der Waals surface area contributed by atoms with Crippen LogP contribution in [0.15, 0.2) is 48.5 Å². The molecular weight excluding hydrogens is 322 g/mol. The fraction of sp³-hybridized carbons (Fsp3) is 0.263. The minimum atomic E-state index is -0.819. The molecule has 0 fully saturated rings. The van der Waals surface area contributed by atoms with Crippen LogP contribution in [0.4, 0.5) is 0 Å². The lowest BCUT2D eigenvalue weighted by Crippen LogP contribution is -2.19. The topological polar surface area (TPSA) is 84.9 Å². The molecule has 6 nitrogen and oxygen atoms in total. The Kier molecular flexibility index (Phi) is 8.57. The number of hydrogen-bond donors (Lipinski definition) is 2.